The number of nitrogens with zero attached hydrogens (tertiary/aromatic N) is 2. The van der Waals surface area contributed by atoms with E-state index in [2.05, 4.69) is 41.4 Å². The van der Waals surface area contributed by atoms with Crippen molar-refractivity contribution in [3.05, 3.63) is 11.8 Å². The number of nitrogens with one attached hydrogen (secondary N) is 2. The van der Waals surface area contributed by atoms with Crippen LogP contribution in [0.1, 0.15) is 63.2 Å². The van der Waals surface area contributed by atoms with E-state index in [9.17, 15) is 4.79 Å². The molecule has 0 unspecified atom stereocenters. The molecule has 4 N–H and O–H groups in total. The van der Waals surface area contributed by atoms with Gasteiger partial charge in [0.05, 0.1) is 5.56 Å². The van der Waals surface area contributed by atoms with Gasteiger partial charge in [-0.15, -0.1) is 0 Å². The minimum Gasteiger partial charge on any atom is -0.366 e. The van der Waals surface area contributed by atoms with E-state index < -0.39 is 5.91 Å². The SMILES string of the molecule is C[C@@H]1CC[C@@H](Nc2nc(NC3(C)CC3)ncc2C(N)=O)C[C@H]1C. The summed E-state index contributed by atoms with van der Waals surface area (Å²) in [6.07, 6.45) is 7.14. The highest BCUT2D eigenvalue weighted by molar-refractivity contribution is 5.97. The number of primary amides is 1. The van der Waals surface area contributed by atoms with Gasteiger partial charge in [-0.05, 0) is 50.9 Å². The molecule has 0 aliphatic heterocycles. The molecule has 0 bridgehead atoms. The maximum absolute atomic E-state index is 11.7. The van der Waals surface area contributed by atoms with Gasteiger partial charge in [0.2, 0.25) is 5.95 Å². The van der Waals surface area contributed by atoms with Gasteiger partial charge in [0.15, 0.2) is 0 Å². The number of hydrogen-bond acceptors (Lipinski definition) is 5. The van der Waals surface area contributed by atoms with Crippen molar-refractivity contribution in [3.63, 3.8) is 0 Å². The Hall–Kier alpha value is -1.85. The maximum atomic E-state index is 11.7. The van der Waals surface area contributed by atoms with Crippen LogP contribution in [-0.2, 0) is 0 Å². The van der Waals surface area contributed by atoms with Crippen molar-refractivity contribution in [1.82, 2.24) is 9.97 Å². The molecule has 2 aliphatic carbocycles. The maximum Gasteiger partial charge on any atom is 0.254 e. The third-order valence-corrected chi connectivity index (χ3v) is 5.41. The highest BCUT2D eigenvalue weighted by Crippen LogP contribution is 2.37. The first-order valence-electron chi connectivity index (χ1n) is 8.58. The van der Waals surface area contributed by atoms with Crippen molar-refractivity contribution in [3.8, 4) is 0 Å². The molecule has 0 spiro atoms. The summed E-state index contributed by atoms with van der Waals surface area (Å²) < 4.78 is 0. The van der Waals surface area contributed by atoms with Crippen molar-refractivity contribution < 1.29 is 4.79 Å². The summed E-state index contributed by atoms with van der Waals surface area (Å²) in [5, 5.41) is 6.77. The average Bonchev–Trinajstić information content (AvgIpc) is 3.20. The Morgan fingerprint density at radius 3 is 2.65 bits per heavy atom. The van der Waals surface area contributed by atoms with E-state index in [1.807, 2.05) is 0 Å². The van der Waals surface area contributed by atoms with E-state index in [0.29, 0.717) is 29.3 Å². The highest BCUT2D eigenvalue weighted by atomic mass is 16.1. The molecule has 6 nitrogen and oxygen atoms in total. The minimum atomic E-state index is -0.492. The van der Waals surface area contributed by atoms with Crippen molar-refractivity contribution in [1.29, 1.82) is 0 Å². The Kier molecular flexibility index (Phi) is 4.17. The molecular formula is C17H27N5O. The second kappa shape index (κ2) is 5.98. The smallest absolute Gasteiger partial charge is 0.254 e. The zero-order valence-corrected chi connectivity index (χ0v) is 14.2. The van der Waals surface area contributed by atoms with Gasteiger partial charge in [-0.3, -0.25) is 4.79 Å². The lowest BCUT2D eigenvalue weighted by Gasteiger charge is -2.33. The fourth-order valence-electron chi connectivity index (χ4n) is 3.19. The van der Waals surface area contributed by atoms with Gasteiger partial charge in [-0.2, -0.15) is 4.98 Å². The summed E-state index contributed by atoms with van der Waals surface area (Å²) in [6.45, 7) is 6.74. The van der Waals surface area contributed by atoms with Crippen LogP contribution in [0.3, 0.4) is 0 Å². The molecule has 2 fully saturated rings. The predicted octanol–water partition coefficient (Wildman–Crippen LogP) is 2.78. The second-order valence-electron chi connectivity index (χ2n) is 7.61. The van der Waals surface area contributed by atoms with Crippen LogP contribution < -0.4 is 16.4 Å². The quantitative estimate of drug-likeness (QED) is 0.776. The lowest BCUT2D eigenvalue weighted by Crippen LogP contribution is -2.32. The largest absolute Gasteiger partial charge is 0.366 e. The Labute approximate surface area is 137 Å². The van der Waals surface area contributed by atoms with Gasteiger partial charge in [-0.25, -0.2) is 4.98 Å². The predicted molar refractivity (Wildman–Crippen MR) is 91.4 cm³/mol. The van der Waals surface area contributed by atoms with Gasteiger partial charge in [-0.1, -0.05) is 13.8 Å². The highest BCUT2D eigenvalue weighted by Gasteiger charge is 2.38. The van der Waals surface area contributed by atoms with Gasteiger partial charge in [0, 0.05) is 17.8 Å². The van der Waals surface area contributed by atoms with Crippen LogP contribution in [0.15, 0.2) is 6.20 Å². The number of aromatic nitrogens is 2. The number of hydrogen-bond donors (Lipinski definition) is 3. The van der Waals surface area contributed by atoms with Crippen LogP contribution in [0.25, 0.3) is 0 Å². The summed E-state index contributed by atoms with van der Waals surface area (Å²) in [6, 6.07) is 0.332. The van der Waals surface area contributed by atoms with Crippen molar-refractivity contribution in [2.24, 2.45) is 17.6 Å². The third-order valence-electron chi connectivity index (χ3n) is 5.41. The van der Waals surface area contributed by atoms with Crippen LogP contribution in [0, 0.1) is 11.8 Å². The van der Waals surface area contributed by atoms with E-state index >= 15 is 0 Å². The number of nitrogens with two attached hydrogens (primary N) is 1. The van der Waals surface area contributed by atoms with Crippen LogP contribution >= 0.6 is 0 Å². The van der Waals surface area contributed by atoms with Crippen molar-refractivity contribution >= 4 is 17.7 Å². The Morgan fingerprint density at radius 2 is 2.04 bits per heavy atom. The standard InChI is InChI=1S/C17H27N5O/c1-10-4-5-12(8-11(10)2)20-15-13(14(18)23)9-19-16(21-15)22-17(3)6-7-17/h9-12H,4-8H2,1-3H3,(H2,18,23)(H2,19,20,21,22)/t10-,11-,12-/m1/s1. The molecule has 126 valence electrons. The lowest BCUT2D eigenvalue weighted by atomic mass is 9.79. The molecule has 2 saturated carbocycles. The Morgan fingerprint density at radius 1 is 1.30 bits per heavy atom. The van der Waals surface area contributed by atoms with E-state index in [1.54, 1.807) is 0 Å². The Balaban J connectivity index is 1.77. The van der Waals surface area contributed by atoms with Gasteiger partial charge in [0.25, 0.3) is 5.91 Å². The minimum absolute atomic E-state index is 0.0975. The molecule has 1 amide bonds. The van der Waals surface area contributed by atoms with Gasteiger partial charge in [0.1, 0.15) is 5.82 Å². The average molecular weight is 317 g/mol. The number of rotatable bonds is 5. The van der Waals surface area contributed by atoms with Crippen LogP contribution in [0.2, 0.25) is 0 Å². The van der Waals surface area contributed by atoms with Crippen LogP contribution in [-0.4, -0.2) is 27.5 Å². The van der Waals surface area contributed by atoms with Crippen LogP contribution in [0.5, 0.6) is 0 Å². The van der Waals surface area contributed by atoms with E-state index in [1.165, 1.54) is 12.6 Å². The molecule has 3 rings (SSSR count). The van der Waals surface area contributed by atoms with E-state index in [0.717, 1.165) is 31.6 Å². The summed E-state index contributed by atoms with van der Waals surface area (Å²) in [5.41, 5.74) is 5.94. The van der Waals surface area contributed by atoms with E-state index in [4.69, 9.17) is 5.73 Å². The van der Waals surface area contributed by atoms with Crippen molar-refractivity contribution in [2.75, 3.05) is 10.6 Å². The molecule has 0 radical (unpaired) electrons. The summed E-state index contributed by atoms with van der Waals surface area (Å²) >= 11 is 0. The number of carbonyl (C=O) groups is 1. The van der Waals surface area contributed by atoms with Crippen molar-refractivity contribution in [2.45, 2.75) is 64.5 Å². The molecule has 1 heterocycles. The molecule has 1 aromatic rings. The molecular weight excluding hydrogens is 290 g/mol. The number of anilines is 2. The fraction of sp³-hybridized carbons (Fsp3) is 0.706. The normalized spacial score (nSPS) is 28.9. The summed E-state index contributed by atoms with van der Waals surface area (Å²) in [7, 11) is 0. The number of carbonyl (C=O) groups excluding carboxylic acids is 1. The lowest BCUT2D eigenvalue weighted by molar-refractivity contribution is 0.100. The first-order chi connectivity index (χ1) is 10.9. The molecule has 2 aliphatic rings. The Bertz CT molecular complexity index is 599. The first kappa shape index (κ1) is 16.0. The molecule has 0 saturated heterocycles. The zero-order valence-electron chi connectivity index (χ0n) is 14.2. The topological polar surface area (TPSA) is 92.9 Å². The van der Waals surface area contributed by atoms with Gasteiger partial charge >= 0.3 is 0 Å². The molecule has 3 atom stereocenters. The molecule has 23 heavy (non-hydrogen) atoms. The summed E-state index contributed by atoms with van der Waals surface area (Å²) in [5.74, 6) is 2.05. The monoisotopic (exact) mass is 317 g/mol. The molecule has 6 heteroatoms. The zero-order chi connectivity index (χ0) is 16.6. The third kappa shape index (κ3) is 3.74. The molecule has 0 aromatic carbocycles. The molecule has 1 aromatic heterocycles. The summed E-state index contributed by atoms with van der Waals surface area (Å²) in [4.78, 5) is 20.4. The fourth-order valence-corrected chi connectivity index (χ4v) is 3.19. The second-order valence-corrected chi connectivity index (χ2v) is 7.61. The van der Waals surface area contributed by atoms with Crippen LogP contribution in [0.4, 0.5) is 11.8 Å². The van der Waals surface area contributed by atoms with Gasteiger partial charge < -0.3 is 16.4 Å². The first-order valence-corrected chi connectivity index (χ1v) is 8.58. The van der Waals surface area contributed by atoms with E-state index in [-0.39, 0.29) is 5.54 Å². The number of amides is 1.